The normalized spacial score (nSPS) is 12.7. The van der Waals surface area contributed by atoms with Gasteiger partial charge < -0.3 is 0 Å². The SMILES string of the molecule is C(Cc1ccc(-c2ccc(-c3nc(-c4ccccc4)c4c(n3)-c3ccccc3C43c4ccccc4-c4ccccc43)cc2)cc1)=C(c1ccccc1)c1ccccc1. The van der Waals surface area contributed by atoms with E-state index in [9.17, 15) is 0 Å². The fourth-order valence-electron chi connectivity index (χ4n) is 9.39. The van der Waals surface area contributed by atoms with Crippen molar-refractivity contribution in [1.29, 1.82) is 0 Å². The summed E-state index contributed by atoms with van der Waals surface area (Å²) in [6.45, 7) is 0. The van der Waals surface area contributed by atoms with E-state index in [0.717, 1.165) is 51.5 Å². The molecule has 8 aromatic carbocycles. The second kappa shape index (κ2) is 14.0. The Morgan fingerprint density at radius 1 is 0.379 bits per heavy atom. The minimum absolute atomic E-state index is 0.528. The van der Waals surface area contributed by atoms with Crippen LogP contribution in [0.2, 0.25) is 0 Å². The van der Waals surface area contributed by atoms with E-state index in [1.54, 1.807) is 0 Å². The Balaban J connectivity index is 0.976. The molecule has 1 spiro atoms. The van der Waals surface area contributed by atoms with E-state index in [0.29, 0.717) is 0 Å². The zero-order valence-electron chi connectivity index (χ0n) is 31.9. The van der Waals surface area contributed by atoms with Crippen LogP contribution < -0.4 is 0 Å². The van der Waals surface area contributed by atoms with Crippen molar-refractivity contribution >= 4 is 5.57 Å². The monoisotopic (exact) mass is 738 g/mol. The van der Waals surface area contributed by atoms with Crippen LogP contribution in [-0.4, -0.2) is 9.97 Å². The molecule has 0 amide bonds. The van der Waals surface area contributed by atoms with Crippen LogP contribution in [0, 0.1) is 0 Å². The van der Waals surface area contributed by atoms with Gasteiger partial charge in [-0.1, -0.05) is 218 Å². The van der Waals surface area contributed by atoms with Crippen LogP contribution in [0.3, 0.4) is 0 Å². The van der Waals surface area contributed by atoms with Crippen LogP contribution in [0.5, 0.6) is 0 Å². The molecular weight excluding hydrogens is 701 g/mol. The molecule has 0 fully saturated rings. The second-order valence-corrected chi connectivity index (χ2v) is 15.2. The molecule has 9 aromatic rings. The Hall–Kier alpha value is -7.42. The summed E-state index contributed by atoms with van der Waals surface area (Å²) in [4.78, 5) is 11.0. The lowest BCUT2D eigenvalue weighted by Gasteiger charge is -2.31. The lowest BCUT2D eigenvalue weighted by atomic mass is 9.69. The van der Waals surface area contributed by atoms with Gasteiger partial charge in [0.2, 0.25) is 0 Å². The van der Waals surface area contributed by atoms with E-state index < -0.39 is 5.41 Å². The van der Waals surface area contributed by atoms with E-state index in [-0.39, 0.29) is 0 Å². The van der Waals surface area contributed by atoms with Crippen LogP contribution in [-0.2, 0) is 11.8 Å². The number of allylic oxidation sites excluding steroid dienone is 1. The van der Waals surface area contributed by atoms with Crippen LogP contribution in [0.1, 0.15) is 38.9 Å². The van der Waals surface area contributed by atoms with Gasteiger partial charge in [-0.3, -0.25) is 0 Å². The third kappa shape index (κ3) is 5.41. The van der Waals surface area contributed by atoms with Crippen LogP contribution >= 0.6 is 0 Å². The molecule has 0 saturated carbocycles. The molecule has 0 saturated heterocycles. The van der Waals surface area contributed by atoms with Crippen molar-refractivity contribution in [3.05, 3.63) is 257 Å². The average molecular weight is 739 g/mol. The summed E-state index contributed by atoms with van der Waals surface area (Å²) in [5.74, 6) is 0.727. The van der Waals surface area contributed by atoms with Crippen LogP contribution in [0.25, 0.3) is 61.7 Å². The summed E-state index contributed by atoms with van der Waals surface area (Å²) in [5.41, 5.74) is 19.5. The maximum atomic E-state index is 5.51. The van der Waals surface area contributed by atoms with Crippen LogP contribution in [0.4, 0.5) is 0 Å². The molecule has 0 unspecified atom stereocenters. The smallest absolute Gasteiger partial charge is 0.160 e. The third-order valence-corrected chi connectivity index (χ3v) is 12.0. The molecule has 2 aliphatic carbocycles. The first-order chi connectivity index (χ1) is 28.8. The quantitative estimate of drug-likeness (QED) is 0.163. The van der Waals surface area contributed by atoms with E-state index in [4.69, 9.17) is 9.97 Å². The molecule has 2 nitrogen and oxygen atoms in total. The summed E-state index contributed by atoms with van der Waals surface area (Å²) in [7, 11) is 0. The average Bonchev–Trinajstić information content (AvgIpc) is 3.77. The standard InChI is InChI=1S/C56H38N2/c1-4-16-41(17-5-1)45(42-18-6-2-7-19-42)37-30-38-28-31-39(32-29-38)40-33-35-44(36-34-40)55-57-53(43-20-8-3-9-21-43)52-54(58-55)48-24-12-15-27-51(48)56(52)49-25-13-10-22-46(49)47-23-11-14-26-50(47)56/h1-29,31-37H,30H2. The van der Waals surface area contributed by atoms with Gasteiger partial charge in [0.05, 0.1) is 16.8 Å². The van der Waals surface area contributed by atoms with Crippen molar-refractivity contribution in [2.45, 2.75) is 11.8 Å². The lowest BCUT2D eigenvalue weighted by Crippen LogP contribution is -2.27. The van der Waals surface area contributed by atoms with Gasteiger partial charge in [0.1, 0.15) is 0 Å². The Kier molecular flexibility index (Phi) is 8.15. The maximum Gasteiger partial charge on any atom is 0.160 e. The van der Waals surface area contributed by atoms with Gasteiger partial charge >= 0.3 is 0 Å². The minimum atomic E-state index is -0.528. The number of benzene rings is 8. The first kappa shape index (κ1) is 33.9. The number of aromatic nitrogens is 2. The first-order valence-corrected chi connectivity index (χ1v) is 20.1. The Labute approximate surface area is 339 Å². The highest BCUT2D eigenvalue weighted by Crippen LogP contribution is 2.64. The Morgan fingerprint density at radius 3 is 1.38 bits per heavy atom. The van der Waals surface area contributed by atoms with E-state index in [1.807, 2.05) is 0 Å². The number of nitrogens with zero attached hydrogens (tertiary/aromatic N) is 2. The summed E-state index contributed by atoms with van der Waals surface area (Å²) in [6, 6.07) is 76.3. The number of hydrogen-bond acceptors (Lipinski definition) is 2. The van der Waals surface area contributed by atoms with Crippen molar-refractivity contribution in [2.75, 3.05) is 0 Å². The van der Waals surface area contributed by atoms with Crippen molar-refractivity contribution in [1.82, 2.24) is 9.97 Å². The van der Waals surface area contributed by atoms with E-state index in [1.165, 1.54) is 55.6 Å². The van der Waals surface area contributed by atoms with Gasteiger partial charge in [-0.15, -0.1) is 0 Å². The van der Waals surface area contributed by atoms with Gasteiger partial charge in [-0.25, -0.2) is 9.97 Å². The second-order valence-electron chi connectivity index (χ2n) is 15.2. The lowest BCUT2D eigenvalue weighted by molar-refractivity contribution is 0.788. The third-order valence-electron chi connectivity index (χ3n) is 12.0. The summed E-state index contributed by atoms with van der Waals surface area (Å²) >= 11 is 0. The highest BCUT2D eigenvalue weighted by molar-refractivity contribution is 5.97. The Morgan fingerprint density at radius 2 is 0.810 bits per heavy atom. The molecule has 0 N–H and O–H groups in total. The summed E-state index contributed by atoms with van der Waals surface area (Å²) < 4.78 is 0. The van der Waals surface area contributed by atoms with Gasteiger partial charge in [0.25, 0.3) is 0 Å². The zero-order chi connectivity index (χ0) is 38.5. The molecule has 0 atom stereocenters. The van der Waals surface area contributed by atoms with Crippen molar-refractivity contribution in [3.8, 4) is 56.2 Å². The van der Waals surface area contributed by atoms with E-state index >= 15 is 0 Å². The molecule has 272 valence electrons. The van der Waals surface area contributed by atoms with Gasteiger partial charge in [-0.2, -0.15) is 0 Å². The van der Waals surface area contributed by atoms with Gasteiger partial charge in [-0.05, 0) is 67.6 Å². The number of fused-ring (bicyclic) bond motifs is 10. The van der Waals surface area contributed by atoms with Crippen LogP contribution in [0.15, 0.2) is 218 Å². The molecule has 2 aliphatic rings. The highest BCUT2D eigenvalue weighted by Gasteiger charge is 2.54. The molecular formula is C56H38N2. The maximum absolute atomic E-state index is 5.51. The molecule has 2 heteroatoms. The molecule has 0 aliphatic heterocycles. The molecule has 0 bridgehead atoms. The molecule has 1 heterocycles. The highest BCUT2D eigenvalue weighted by atomic mass is 14.9. The van der Waals surface area contributed by atoms with Crippen molar-refractivity contribution in [3.63, 3.8) is 0 Å². The Bertz CT molecular complexity index is 2900. The van der Waals surface area contributed by atoms with Gasteiger partial charge in [0.15, 0.2) is 5.82 Å². The number of rotatable bonds is 7. The molecule has 0 radical (unpaired) electrons. The van der Waals surface area contributed by atoms with Gasteiger partial charge in [0, 0.05) is 22.3 Å². The predicted octanol–water partition coefficient (Wildman–Crippen LogP) is 13.5. The van der Waals surface area contributed by atoms with Crippen molar-refractivity contribution in [2.24, 2.45) is 0 Å². The molecule has 58 heavy (non-hydrogen) atoms. The fourth-order valence-corrected chi connectivity index (χ4v) is 9.39. The molecule has 1 aromatic heterocycles. The fraction of sp³-hybridized carbons (Fsp3) is 0.0357. The van der Waals surface area contributed by atoms with Crippen molar-refractivity contribution < 1.29 is 0 Å². The minimum Gasteiger partial charge on any atom is -0.228 e. The summed E-state index contributed by atoms with van der Waals surface area (Å²) in [5, 5.41) is 0. The van der Waals surface area contributed by atoms with E-state index in [2.05, 4.69) is 218 Å². The molecule has 11 rings (SSSR count). The first-order valence-electron chi connectivity index (χ1n) is 20.1. The topological polar surface area (TPSA) is 25.8 Å². The number of hydrogen-bond donors (Lipinski definition) is 0. The predicted molar refractivity (Wildman–Crippen MR) is 238 cm³/mol. The zero-order valence-corrected chi connectivity index (χ0v) is 31.9. The largest absolute Gasteiger partial charge is 0.228 e. The summed E-state index contributed by atoms with van der Waals surface area (Å²) in [6.07, 6.45) is 3.19.